The third-order valence-corrected chi connectivity index (χ3v) is 9.11. The minimum Gasteiger partial charge on any atom is -0.307 e. The van der Waals surface area contributed by atoms with Crippen molar-refractivity contribution in [1.82, 2.24) is 34.1 Å². The molecule has 0 aliphatic carbocycles. The van der Waals surface area contributed by atoms with Crippen LogP contribution in [-0.4, -0.2) is 34.1 Å². The summed E-state index contributed by atoms with van der Waals surface area (Å²) < 4.78 is 4.57. The molecule has 0 saturated heterocycles. The molecule has 0 fully saturated rings. The molecule has 0 unspecified atom stereocenters. The minimum atomic E-state index is 0.555. The molecule has 7 nitrogen and oxygen atoms in total. The molecule has 0 spiro atoms. The Kier molecular flexibility index (Phi) is 5.74. The molecule has 10 rings (SSSR count). The van der Waals surface area contributed by atoms with Crippen LogP contribution in [-0.2, 0) is 0 Å². The number of hydrogen-bond acceptors (Lipinski definition) is 5. The van der Waals surface area contributed by atoms with Crippen molar-refractivity contribution >= 4 is 54.5 Å². The standard InChI is InChI=1S/C41H25N7/c1-4-12-26(13-5-1)39-44-40(27-14-6-2-7-15-27)46-41(45-39)48-34-19-11-10-18-29(34)30-20-21-31-36-32-24-42-25-43-33(32)22-23-35(36)47(38(31)37(30)48)28-16-8-3-9-17-28/h1-25H. The van der Waals surface area contributed by atoms with Gasteiger partial charge in [-0.1, -0.05) is 109 Å². The lowest BCUT2D eigenvalue weighted by Gasteiger charge is -2.13. The van der Waals surface area contributed by atoms with Crippen LogP contribution in [0.25, 0.3) is 88.9 Å². The average Bonchev–Trinajstić information content (AvgIpc) is 3.69. The molecule has 48 heavy (non-hydrogen) atoms. The normalized spacial score (nSPS) is 11.8. The zero-order chi connectivity index (χ0) is 31.6. The first kappa shape index (κ1) is 26.5. The van der Waals surface area contributed by atoms with Crippen molar-refractivity contribution in [3.63, 3.8) is 0 Å². The Hall–Kier alpha value is -6.73. The van der Waals surface area contributed by atoms with Gasteiger partial charge in [0.25, 0.3) is 0 Å². The quantitative estimate of drug-likeness (QED) is 0.197. The monoisotopic (exact) mass is 615 g/mol. The van der Waals surface area contributed by atoms with Gasteiger partial charge in [0.2, 0.25) is 5.95 Å². The van der Waals surface area contributed by atoms with Crippen molar-refractivity contribution in [2.24, 2.45) is 0 Å². The van der Waals surface area contributed by atoms with Crippen molar-refractivity contribution in [1.29, 1.82) is 0 Å². The fourth-order valence-corrected chi connectivity index (χ4v) is 7.05. The van der Waals surface area contributed by atoms with Gasteiger partial charge >= 0.3 is 0 Å². The molecule has 4 aromatic heterocycles. The molecule has 224 valence electrons. The maximum Gasteiger partial charge on any atom is 0.238 e. The van der Waals surface area contributed by atoms with Crippen molar-refractivity contribution in [2.75, 3.05) is 0 Å². The van der Waals surface area contributed by atoms with Gasteiger partial charge in [-0.3, -0.25) is 4.57 Å². The summed E-state index contributed by atoms with van der Waals surface area (Å²) >= 11 is 0. The summed E-state index contributed by atoms with van der Waals surface area (Å²) in [6.07, 6.45) is 3.53. The van der Waals surface area contributed by atoms with Crippen LogP contribution in [0.15, 0.2) is 152 Å². The largest absolute Gasteiger partial charge is 0.307 e. The Morgan fingerprint density at radius 2 is 1.06 bits per heavy atom. The van der Waals surface area contributed by atoms with E-state index in [1.165, 1.54) is 0 Å². The number of fused-ring (bicyclic) bond motifs is 9. The van der Waals surface area contributed by atoms with E-state index in [1.807, 2.05) is 72.9 Å². The lowest BCUT2D eigenvalue weighted by atomic mass is 10.1. The van der Waals surface area contributed by atoms with Crippen LogP contribution in [0.3, 0.4) is 0 Å². The van der Waals surface area contributed by atoms with Crippen LogP contribution in [0, 0.1) is 0 Å². The third kappa shape index (κ3) is 3.91. The molecule has 6 aromatic carbocycles. The van der Waals surface area contributed by atoms with E-state index in [0.29, 0.717) is 17.6 Å². The van der Waals surface area contributed by atoms with E-state index in [0.717, 1.165) is 71.3 Å². The van der Waals surface area contributed by atoms with Gasteiger partial charge in [0.05, 0.1) is 27.6 Å². The van der Waals surface area contributed by atoms with Gasteiger partial charge in [-0.15, -0.1) is 0 Å². The van der Waals surface area contributed by atoms with Crippen molar-refractivity contribution in [3.8, 4) is 34.4 Å². The lowest BCUT2D eigenvalue weighted by molar-refractivity contribution is 0.953. The highest BCUT2D eigenvalue weighted by molar-refractivity contribution is 6.28. The summed E-state index contributed by atoms with van der Waals surface area (Å²) in [6, 6.07) is 47.9. The van der Waals surface area contributed by atoms with E-state index >= 15 is 0 Å². The van der Waals surface area contributed by atoms with Gasteiger partial charge in [0.1, 0.15) is 6.33 Å². The number of para-hydroxylation sites is 2. The number of nitrogens with zero attached hydrogens (tertiary/aromatic N) is 7. The first-order valence-electron chi connectivity index (χ1n) is 15.9. The molecular weight excluding hydrogens is 591 g/mol. The number of aromatic nitrogens is 7. The van der Waals surface area contributed by atoms with Gasteiger partial charge in [-0.2, -0.15) is 9.97 Å². The van der Waals surface area contributed by atoms with Crippen molar-refractivity contribution in [3.05, 3.63) is 152 Å². The molecule has 10 aromatic rings. The summed E-state index contributed by atoms with van der Waals surface area (Å²) in [5.41, 5.74) is 7.98. The second-order valence-electron chi connectivity index (χ2n) is 11.8. The highest BCUT2D eigenvalue weighted by Crippen LogP contribution is 2.43. The van der Waals surface area contributed by atoms with Crippen molar-refractivity contribution < 1.29 is 0 Å². The van der Waals surface area contributed by atoms with Crippen LogP contribution in [0.4, 0.5) is 0 Å². The Balaban J connectivity index is 1.42. The number of rotatable bonds is 4. The van der Waals surface area contributed by atoms with Gasteiger partial charge < -0.3 is 4.57 Å². The fraction of sp³-hybridized carbons (Fsp3) is 0. The van der Waals surface area contributed by atoms with Gasteiger partial charge in [-0.25, -0.2) is 15.0 Å². The van der Waals surface area contributed by atoms with Gasteiger partial charge in [0, 0.05) is 49.9 Å². The molecule has 0 N–H and O–H groups in total. The van der Waals surface area contributed by atoms with Crippen LogP contribution in [0.1, 0.15) is 0 Å². The van der Waals surface area contributed by atoms with Crippen LogP contribution in [0.2, 0.25) is 0 Å². The number of benzene rings is 6. The molecule has 4 heterocycles. The molecule has 0 radical (unpaired) electrons. The molecule has 0 aliphatic heterocycles. The van der Waals surface area contributed by atoms with E-state index in [4.69, 9.17) is 15.0 Å². The van der Waals surface area contributed by atoms with Crippen LogP contribution < -0.4 is 0 Å². The minimum absolute atomic E-state index is 0.555. The zero-order valence-corrected chi connectivity index (χ0v) is 25.6. The van der Waals surface area contributed by atoms with E-state index in [1.54, 1.807) is 6.33 Å². The van der Waals surface area contributed by atoms with Crippen LogP contribution in [0.5, 0.6) is 0 Å². The summed E-state index contributed by atoms with van der Waals surface area (Å²) in [4.78, 5) is 24.4. The van der Waals surface area contributed by atoms with E-state index < -0.39 is 0 Å². The average molecular weight is 616 g/mol. The Morgan fingerprint density at radius 3 is 1.79 bits per heavy atom. The predicted octanol–water partition coefficient (Wildman–Crippen LogP) is 9.34. The highest BCUT2D eigenvalue weighted by Gasteiger charge is 2.24. The Labute approximate surface area is 274 Å². The fourth-order valence-electron chi connectivity index (χ4n) is 7.05. The highest BCUT2D eigenvalue weighted by atomic mass is 15.2. The molecule has 7 heteroatoms. The first-order valence-corrected chi connectivity index (χ1v) is 15.9. The molecule has 0 bridgehead atoms. The van der Waals surface area contributed by atoms with Gasteiger partial charge in [0.15, 0.2) is 11.6 Å². The van der Waals surface area contributed by atoms with Crippen molar-refractivity contribution in [2.45, 2.75) is 0 Å². The first-order chi connectivity index (χ1) is 23.8. The summed E-state index contributed by atoms with van der Waals surface area (Å²) in [5.74, 6) is 1.79. The molecule has 0 atom stereocenters. The second-order valence-corrected chi connectivity index (χ2v) is 11.8. The van der Waals surface area contributed by atoms with E-state index in [9.17, 15) is 0 Å². The Morgan fingerprint density at radius 1 is 0.438 bits per heavy atom. The van der Waals surface area contributed by atoms with E-state index in [-0.39, 0.29) is 0 Å². The predicted molar refractivity (Wildman–Crippen MR) is 192 cm³/mol. The SMILES string of the molecule is c1ccc(-c2nc(-c3ccccc3)nc(-n3c4ccccc4c4ccc5c6c7cncnc7ccc6n(-c6ccccc6)c5c43)n2)cc1. The smallest absolute Gasteiger partial charge is 0.238 e. The maximum absolute atomic E-state index is 5.20. The summed E-state index contributed by atoms with van der Waals surface area (Å²) in [7, 11) is 0. The molecular formula is C41H25N7. The zero-order valence-electron chi connectivity index (χ0n) is 25.6. The van der Waals surface area contributed by atoms with Gasteiger partial charge in [-0.05, 0) is 30.3 Å². The van der Waals surface area contributed by atoms with Crippen LogP contribution >= 0.6 is 0 Å². The van der Waals surface area contributed by atoms with E-state index in [2.05, 4.69) is 91.9 Å². The summed E-state index contributed by atoms with van der Waals surface area (Å²) in [5, 5.41) is 5.45. The lowest BCUT2D eigenvalue weighted by Crippen LogP contribution is -2.07. The maximum atomic E-state index is 5.20. The Bertz CT molecular complexity index is 2760. The topological polar surface area (TPSA) is 74.3 Å². The molecule has 0 aliphatic rings. The second kappa shape index (κ2) is 10.4. The summed E-state index contributed by atoms with van der Waals surface area (Å²) in [6.45, 7) is 0. The number of hydrogen-bond donors (Lipinski definition) is 0. The third-order valence-electron chi connectivity index (χ3n) is 9.11. The molecule has 0 saturated carbocycles. The molecule has 0 amide bonds.